The molecule has 0 radical (unpaired) electrons. The van der Waals surface area contributed by atoms with E-state index in [9.17, 15) is 14.9 Å². The molecule has 3 rings (SSSR count). The Balaban J connectivity index is 1.62. The number of hydrogen-bond acceptors (Lipinski definition) is 4. The molecule has 3 aromatic rings. The van der Waals surface area contributed by atoms with Crippen molar-refractivity contribution in [2.45, 2.75) is 13.0 Å². The minimum atomic E-state index is -0.618. The van der Waals surface area contributed by atoms with Crippen molar-refractivity contribution in [1.82, 2.24) is 14.9 Å². The molecule has 27 heavy (non-hydrogen) atoms. The zero-order chi connectivity index (χ0) is 19.2. The summed E-state index contributed by atoms with van der Waals surface area (Å²) in [7, 11) is 0. The van der Waals surface area contributed by atoms with Gasteiger partial charge in [0, 0.05) is 43.0 Å². The second-order valence-electron chi connectivity index (χ2n) is 5.88. The van der Waals surface area contributed by atoms with Crippen LogP contribution in [0.1, 0.15) is 21.7 Å². The van der Waals surface area contributed by atoms with Gasteiger partial charge >= 0.3 is 0 Å². The van der Waals surface area contributed by atoms with Crippen LogP contribution < -0.4 is 5.32 Å². The second kappa shape index (κ2) is 8.46. The van der Waals surface area contributed by atoms with E-state index in [1.807, 2.05) is 41.1 Å². The molecule has 0 fully saturated rings. The van der Waals surface area contributed by atoms with Gasteiger partial charge in [-0.05, 0) is 17.7 Å². The Bertz CT molecular complexity index is 957. The molecule has 1 heterocycles. The van der Waals surface area contributed by atoms with Crippen LogP contribution in [0.2, 0.25) is 5.02 Å². The molecule has 0 saturated carbocycles. The normalized spacial score (nSPS) is 10.6. The minimum Gasteiger partial charge on any atom is -0.351 e. The number of nitro groups is 1. The predicted octanol–water partition coefficient (Wildman–Crippen LogP) is 3.47. The highest BCUT2D eigenvalue weighted by Gasteiger charge is 2.20. The van der Waals surface area contributed by atoms with E-state index in [0.717, 1.165) is 11.4 Å². The van der Waals surface area contributed by atoms with Gasteiger partial charge in [0.2, 0.25) is 0 Å². The number of carbonyl (C=O) groups is 1. The van der Waals surface area contributed by atoms with E-state index in [4.69, 9.17) is 11.6 Å². The molecule has 0 bridgehead atoms. The van der Waals surface area contributed by atoms with Crippen molar-refractivity contribution < 1.29 is 9.72 Å². The predicted molar refractivity (Wildman–Crippen MR) is 102 cm³/mol. The standard InChI is InChI=1S/C19H17ClN4O3/c20-15-6-7-16(17(12-15)24(26)27)19(25)22-9-8-18-21-10-11-23(18)13-14-4-2-1-3-5-14/h1-7,10-12H,8-9,13H2,(H,22,25). The van der Waals surface area contributed by atoms with Crippen LogP contribution in [0.15, 0.2) is 60.9 Å². The van der Waals surface area contributed by atoms with Crippen molar-refractivity contribution in [3.8, 4) is 0 Å². The number of nitrogens with one attached hydrogen (secondary N) is 1. The summed E-state index contributed by atoms with van der Waals surface area (Å²) in [5.41, 5.74) is 0.820. The summed E-state index contributed by atoms with van der Waals surface area (Å²) in [4.78, 5) is 27.1. The molecule has 0 aliphatic carbocycles. The Morgan fingerprint density at radius 2 is 2.00 bits per heavy atom. The van der Waals surface area contributed by atoms with Crippen LogP contribution in [0.3, 0.4) is 0 Å². The molecule has 1 aromatic heterocycles. The van der Waals surface area contributed by atoms with Gasteiger partial charge in [-0.15, -0.1) is 0 Å². The molecule has 138 valence electrons. The van der Waals surface area contributed by atoms with Gasteiger partial charge in [-0.1, -0.05) is 41.9 Å². The number of benzene rings is 2. The maximum Gasteiger partial charge on any atom is 0.283 e. The Morgan fingerprint density at radius 1 is 1.22 bits per heavy atom. The number of amides is 1. The Morgan fingerprint density at radius 3 is 2.74 bits per heavy atom. The molecule has 7 nitrogen and oxygen atoms in total. The lowest BCUT2D eigenvalue weighted by Crippen LogP contribution is -2.27. The van der Waals surface area contributed by atoms with Gasteiger partial charge in [0.1, 0.15) is 11.4 Å². The fraction of sp³-hybridized carbons (Fsp3) is 0.158. The van der Waals surface area contributed by atoms with E-state index in [1.165, 1.54) is 18.2 Å². The molecular formula is C19H17ClN4O3. The number of hydrogen-bond donors (Lipinski definition) is 1. The van der Waals surface area contributed by atoms with Gasteiger partial charge in [-0.25, -0.2) is 4.98 Å². The first-order valence-corrected chi connectivity index (χ1v) is 8.68. The third-order valence-electron chi connectivity index (χ3n) is 4.03. The van der Waals surface area contributed by atoms with Crippen LogP contribution in [-0.2, 0) is 13.0 Å². The fourth-order valence-corrected chi connectivity index (χ4v) is 2.89. The monoisotopic (exact) mass is 384 g/mol. The molecule has 8 heteroatoms. The van der Waals surface area contributed by atoms with Crippen molar-refractivity contribution in [1.29, 1.82) is 0 Å². The van der Waals surface area contributed by atoms with Gasteiger partial charge < -0.3 is 9.88 Å². The molecular weight excluding hydrogens is 368 g/mol. The fourth-order valence-electron chi connectivity index (χ4n) is 2.72. The minimum absolute atomic E-state index is 0.0166. The largest absolute Gasteiger partial charge is 0.351 e. The number of nitrogens with zero attached hydrogens (tertiary/aromatic N) is 3. The molecule has 1 N–H and O–H groups in total. The van der Waals surface area contributed by atoms with E-state index in [0.29, 0.717) is 19.5 Å². The summed E-state index contributed by atoms with van der Waals surface area (Å²) >= 11 is 5.77. The van der Waals surface area contributed by atoms with E-state index >= 15 is 0 Å². The van der Waals surface area contributed by atoms with Crippen LogP contribution >= 0.6 is 11.6 Å². The molecule has 0 unspecified atom stereocenters. The topological polar surface area (TPSA) is 90.1 Å². The third-order valence-corrected chi connectivity index (χ3v) is 4.27. The van der Waals surface area contributed by atoms with Crippen molar-refractivity contribution >= 4 is 23.2 Å². The van der Waals surface area contributed by atoms with Crippen molar-refractivity contribution in [3.05, 3.63) is 93.0 Å². The van der Waals surface area contributed by atoms with Crippen LogP contribution in [0, 0.1) is 10.1 Å². The number of nitro benzene ring substituents is 1. The molecule has 1 amide bonds. The molecule has 0 saturated heterocycles. The maximum atomic E-state index is 12.3. The van der Waals surface area contributed by atoms with Crippen molar-refractivity contribution in [2.75, 3.05) is 6.54 Å². The summed E-state index contributed by atoms with van der Waals surface area (Å²) in [6, 6.07) is 14.0. The first-order valence-electron chi connectivity index (χ1n) is 8.30. The lowest BCUT2D eigenvalue weighted by molar-refractivity contribution is -0.385. The number of aromatic nitrogens is 2. The number of rotatable bonds is 7. The van der Waals surface area contributed by atoms with Crippen LogP contribution in [-0.4, -0.2) is 26.9 Å². The number of halogens is 1. The van der Waals surface area contributed by atoms with Crippen molar-refractivity contribution in [3.63, 3.8) is 0 Å². The molecule has 2 aromatic carbocycles. The van der Waals surface area contributed by atoms with E-state index < -0.39 is 10.8 Å². The first kappa shape index (κ1) is 18.6. The first-order chi connectivity index (χ1) is 13.0. The average molecular weight is 385 g/mol. The molecule has 0 spiro atoms. The maximum absolute atomic E-state index is 12.3. The van der Waals surface area contributed by atoms with E-state index in [1.54, 1.807) is 6.20 Å². The van der Waals surface area contributed by atoms with Gasteiger partial charge in [0.15, 0.2) is 0 Å². The highest BCUT2D eigenvalue weighted by atomic mass is 35.5. The van der Waals surface area contributed by atoms with Crippen LogP contribution in [0.4, 0.5) is 5.69 Å². The highest BCUT2D eigenvalue weighted by Crippen LogP contribution is 2.23. The summed E-state index contributed by atoms with van der Waals surface area (Å²) in [6.45, 7) is 0.997. The molecule has 0 atom stereocenters. The summed E-state index contributed by atoms with van der Waals surface area (Å²) in [6.07, 6.45) is 4.10. The average Bonchev–Trinajstić information content (AvgIpc) is 3.09. The smallest absolute Gasteiger partial charge is 0.283 e. The summed E-state index contributed by atoms with van der Waals surface area (Å²) < 4.78 is 2.01. The lowest BCUT2D eigenvalue weighted by Gasteiger charge is -2.09. The molecule has 0 aliphatic heterocycles. The van der Waals surface area contributed by atoms with Gasteiger partial charge in [0.05, 0.1) is 4.92 Å². The Kier molecular flexibility index (Phi) is 5.83. The summed E-state index contributed by atoms with van der Waals surface area (Å²) in [5, 5.41) is 14.0. The third kappa shape index (κ3) is 4.71. The lowest BCUT2D eigenvalue weighted by atomic mass is 10.1. The Hall–Kier alpha value is -3.19. The quantitative estimate of drug-likeness (QED) is 0.499. The number of imidazole rings is 1. The van der Waals surface area contributed by atoms with E-state index in [-0.39, 0.29) is 16.3 Å². The molecule has 0 aliphatic rings. The van der Waals surface area contributed by atoms with E-state index in [2.05, 4.69) is 10.3 Å². The Labute approximate surface area is 160 Å². The van der Waals surface area contributed by atoms with Crippen LogP contribution in [0.25, 0.3) is 0 Å². The van der Waals surface area contributed by atoms with Gasteiger partial charge in [-0.2, -0.15) is 0 Å². The zero-order valence-corrected chi connectivity index (χ0v) is 15.1. The SMILES string of the molecule is O=C(NCCc1nccn1Cc1ccccc1)c1ccc(Cl)cc1[N+](=O)[O-]. The summed E-state index contributed by atoms with van der Waals surface area (Å²) in [5.74, 6) is 0.310. The highest BCUT2D eigenvalue weighted by molar-refractivity contribution is 6.31. The van der Waals surface area contributed by atoms with Gasteiger partial charge in [-0.3, -0.25) is 14.9 Å². The van der Waals surface area contributed by atoms with Crippen LogP contribution in [0.5, 0.6) is 0 Å². The van der Waals surface area contributed by atoms with Crippen molar-refractivity contribution in [2.24, 2.45) is 0 Å². The second-order valence-corrected chi connectivity index (χ2v) is 6.32. The van der Waals surface area contributed by atoms with Gasteiger partial charge in [0.25, 0.3) is 11.6 Å². The zero-order valence-electron chi connectivity index (χ0n) is 14.3. The number of carbonyl (C=O) groups excluding carboxylic acids is 1.